The molecule has 54 heavy (non-hydrogen) atoms. The zero-order valence-corrected chi connectivity index (χ0v) is 36.1. The fraction of sp³-hybridized carbons (Fsp3) is 0.478. The monoisotopic (exact) mass is 768 g/mol. The molecule has 4 aromatic carbocycles. The van der Waals surface area contributed by atoms with E-state index in [9.17, 15) is 10.2 Å². The normalized spacial score (nSPS) is 22.3. The zero-order chi connectivity index (χ0) is 39.3. The van der Waals surface area contributed by atoms with Crippen molar-refractivity contribution in [2.45, 2.75) is 104 Å². The number of ether oxygens (including phenoxy) is 2. The van der Waals surface area contributed by atoms with Crippen molar-refractivity contribution < 1.29 is 28.5 Å². The molecule has 1 aliphatic heterocycles. The maximum atomic E-state index is 11.9. The summed E-state index contributed by atoms with van der Waals surface area (Å²) in [4.78, 5) is 0. The number of benzene rings is 4. The molecule has 2 N–H and O–H groups in total. The SMILES string of the molecule is C[C@H](CO[Si](c1ccccc1)(c1ccccc1)C(C)(C)C)[C@H](O)[C@H](C)C1OC(O)[C@@H](C)[C@H]([C@H](C)CO[Si](c2ccccc2)(c2ccccc2)C(C)(C)C)O1. The second kappa shape index (κ2) is 17.5. The lowest BCUT2D eigenvalue weighted by Crippen LogP contribution is -2.67. The summed E-state index contributed by atoms with van der Waals surface area (Å²) in [5.74, 6) is -1.03. The maximum absolute atomic E-state index is 11.9. The number of hydrogen-bond acceptors (Lipinski definition) is 6. The van der Waals surface area contributed by atoms with Crippen LogP contribution in [0.15, 0.2) is 121 Å². The Balaban J connectivity index is 1.34. The van der Waals surface area contributed by atoms with Gasteiger partial charge in [0.2, 0.25) is 0 Å². The molecule has 1 fully saturated rings. The summed E-state index contributed by atoms with van der Waals surface area (Å²) < 4.78 is 27.3. The predicted molar refractivity (Wildman–Crippen MR) is 226 cm³/mol. The van der Waals surface area contributed by atoms with Crippen molar-refractivity contribution in [2.75, 3.05) is 13.2 Å². The molecule has 1 heterocycles. The Morgan fingerprint density at radius 2 is 0.944 bits per heavy atom. The van der Waals surface area contributed by atoms with Gasteiger partial charge in [-0.05, 0) is 30.8 Å². The Kier molecular flexibility index (Phi) is 13.7. The first-order chi connectivity index (χ1) is 25.5. The van der Waals surface area contributed by atoms with E-state index >= 15 is 0 Å². The Hall–Kier alpha value is -2.93. The Labute approximate surface area is 327 Å². The molecule has 5 rings (SSSR count). The van der Waals surface area contributed by atoms with Crippen LogP contribution in [0.4, 0.5) is 0 Å². The number of aliphatic hydroxyl groups excluding tert-OH is 2. The topological polar surface area (TPSA) is 77.4 Å². The highest BCUT2D eigenvalue weighted by atomic mass is 28.4. The van der Waals surface area contributed by atoms with Gasteiger partial charge >= 0.3 is 0 Å². The van der Waals surface area contributed by atoms with Gasteiger partial charge in [-0.3, -0.25) is 0 Å². The van der Waals surface area contributed by atoms with Gasteiger partial charge in [-0.15, -0.1) is 0 Å². The summed E-state index contributed by atoms with van der Waals surface area (Å²) in [7, 11) is -5.56. The minimum Gasteiger partial charge on any atom is -0.407 e. The van der Waals surface area contributed by atoms with Gasteiger partial charge in [0.1, 0.15) is 0 Å². The molecule has 6 nitrogen and oxygen atoms in total. The first-order valence-corrected chi connectivity index (χ1v) is 23.5. The molecule has 0 bridgehead atoms. The summed E-state index contributed by atoms with van der Waals surface area (Å²) in [5, 5.41) is 27.7. The third kappa shape index (κ3) is 8.56. The molecular weight excluding hydrogens is 705 g/mol. The molecule has 0 spiro atoms. The van der Waals surface area contributed by atoms with Crippen molar-refractivity contribution >= 4 is 37.4 Å². The smallest absolute Gasteiger partial charge is 0.261 e. The van der Waals surface area contributed by atoms with E-state index in [-0.39, 0.29) is 33.9 Å². The van der Waals surface area contributed by atoms with Gasteiger partial charge in [0, 0.05) is 36.9 Å². The average molecular weight is 769 g/mol. The van der Waals surface area contributed by atoms with Crippen molar-refractivity contribution in [2.24, 2.45) is 23.7 Å². The largest absolute Gasteiger partial charge is 0.407 e. The molecule has 2 unspecified atom stereocenters. The van der Waals surface area contributed by atoms with Crippen LogP contribution in [0.25, 0.3) is 0 Å². The van der Waals surface area contributed by atoms with Crippen LogP contribution in [0.2, 0.25) is 10.1 Å². The van der Waals surface area contributed by atoms with Crippen LogP contribution in [0.3, 0.4) is 0 Å². The first-order valence-electron chi connectivity index (χ1n) is 19.7. The maximum Gasteiger partial charge on any atom is 0.261 e. The van der Waals surface area contributed by atoms with Gasteiger partial charge < -0.3 is 28.5 Å². The van der Waals surface area contributed by atoms with Crippen LogP contribution in [0.1, 0.15) is 69.2 Å². The zero-order valence-electron chi connectivity index (χ0n) is 34.1. The van der Waals surface area contributed by atoms with E-state index in [2.05, 4.69) is 158 Å². The van der Waals surface area contributed by atoms with E-state index in [4.69, 9.17) is 18.3 Å². The van der Waals surface area contributed by atoms with E-state index < -0.39 is 41.2 Å². The summed E-state index contributed by atoms with van der Waals surface area (Å²) in [6.45, 7) is 22.5. The second-order valence-electron chi connectivity index (χ2n) is 17.6. The molecule has 1 aliphatic rings. The quantitative estimate of drug-likeness (QED) is 0.133. The summed E-state index contributed by atoms with van der Waals surface area (Å²) >= 11 is 0. The molecule has 0 radical (unpaired) electrons. The fourth-order valence-corrected chi connectivity index (χ4v) is 17.9. The Bertz CT molecular complexity index is 1630. The summed E-state index contributed by atoms with van der Waals surface area (Å²) in [5.41, 5.74) is 0. The van der Waals surface area contributed by atoms with Crippen LogP contribution in [-0.4, -0.2) is 64.8 Å². The minimum atomic E-state index is -2.79. The lowest BCUT2D eigenvalue weighted by molar-refractivity contribution is -0.345. The molecule has 4 aromatic rings. The molecule has 0 aromatic heterocycles. The van der Waals surface area contributed by atoms with E-state index in [1.165, 1.54) is 20.7 Å². The number of rotatable bonds is 14. The van der Waals surface area contributed by atoms with Crippen molar-refractivity contribution in [1.29, 1.82) is 0 Å². The lowest BCUT2D eigenvalue weighted by Gasteiger charge is -2.47. The molecule has 8 heteroatoms. The third-order valence-corrected chi connectivity index (χ3v) is 21.6. The van der Waals surface area contributed by atoms with Crippen molar-refractivity contribution in [3.05, 3.63) is 121 Å². The van der Waals surface area contributed by atoms with Crippen LogP contribution in [0.5, 0.6) is 0 Å². The molecule has 0 amide bonds. The van der Waals surface area contributed by atoms with Crippen molar-refractivity contribution in [3.8, 4) is 0 Å². The van der Waals surface area contributed by atoms with Crippen molar-refractivity contribution in [3.63, 3.8) is 0 Å². The third-order valence-electron chi connectivity index (χ3n) is 11.6. The summed E-state index contributed by atoms with van der Waals surface area (Å²) in [6, 6.07) is 42.4. The van der Waals surface area contributed by atoms with Gasteiger partial charge in [0.15, 0.2) is 12.6 Å². The van der Waals surface area contributed by atoms with Crippen LogP contribution in [0, 0.1) is 23.7 Å². The highest BCUT2D eigenvalue weighted by molar-refractivity contribution is 7.00. The first kappa shape index (κ1) is 42.2. The molecule has 292 valence electrons. The molecule has 8 atom stereocenters. The van der Waals surface area contributed by atoms with Crippen LogP contribution in [-0.2, 0) is 18.3 Å². The van der Waals surface area contributed by atoms with Gasteiger partial charge in [-0.25, -0.2) is 0 Å². The average Bonchev–Trinajstić information content (AvgIpc) is 3.16. The number of hydrogen-bond donors (Lipinski definition) is 2. The van der Waals surface area contributed by atoms with Gasteiger partial charge in [0.05, 0.1) is 12.2 Å². The van der Waals surface area contributed by atoms with Gasteiger partial charge in [0.25, 0.3) is 16.6 Å². The highest BCUT2D eigenvalue weighted by Gasteiger charge is 2.52. The van der Waals surface area contributed by atoms with E-state index in [0.717, 1.165) is 0 Å². The molecule has 0 aliphatic carbocycles. The summed E-state index contributed by atoms with van der Waals surface area (Å²) in [6.07, 6.45) is -3.00. The molecule has 0 saturated carbocycles. The van der Waals surface area contributed by atoms with Gasteiger partial charge in [-0.1, -0.05) is 191 Å². The van der Waals surface area contributed by atoms with E-state index in [0.29, 0.717) is 13.2 Å². The Morgan fingerprint density at radius 1 is 0.593 bits per heavy atom. The second-order valence-corrected chi connectivity index (χ2v) is 26.2. The van der Waals surface area contributed by atoms with E-state index in [1.54, 1.807) is 0 Å². The van der Waals surface area contributed by atoms with Gasteiger partial charge in [-0.2, -0.15) is 0 Å². The Morgan fingerprint density at radius 3 is 1.30 bits per heavy atom. The van der Waals surface area contributed by atoms with Crippen LogP contribution >= 0.6 is 0 Å². The minimum absolute atomic E-state index is 0.0667. The molecular formula is C46H64O6Si2. The number of aliphatic hydroxyl groups is 2. The predicted octanol–water partition coefficient (Wildman–Crippen LogP) is 7.10. The van der Waals surface area contributed by atoms with Crippen molar-refractivity contribution in [1.82, 2.24) is 0 Å². The molecule has 1 saturated heterocycles. The fourth-order valence-electron chi connectivity index (χ4n) is 8.54. The van der Waals surface area contributed by atoms with E-state index in [1.807, 2.05) is 32.9 Å². The highest BCUT2D eigenvalue weighted by Crippen LogP contribution is 2.40. The lowest BCUT2D eigenvalue weighted by atomic mass is 9.89. The van der Waals surface area contributed by atoms with Crippen LogP contribution < -0.4 is 20.7 Å². The standard InChI is InChI=1S/C46H64O6Si2/c1-33(31-49-53(45(5,6)7,37-23-15-11-16-24-37)38-25-17-12-18-26-38)41(47)35(3)44-51-42(36(4)43(48)52-44)34(2)32-50-54(46(8,9)10,39-27-19-13-20-28-39)40-29-21-14-22-30-40/h11-30,33-36,41-44,47-48H,31-32H2,1-10H3/t33-,34-,35+,36+,41+,42+,43?,44?/m1/s1.